The Hall–Kier alpha value is -3.33. The van der Waals surface area contributed by atoms with Gasteiger partial charge in [0.1, 0.15) is 0 Å². The molecule has 36 heavy (non-hydrogen) atoms. The minimum absolute atomic E-state index is 0.0195. The Kier molecular flexibility index (Phi) is 7.00. The summed E-state index contributed by atoms with van der Waals surface area (Å²) in [4.78, 5) is 30.8. The van der Waals surface area contributed by atoms with Crippen molar-refractivity contribution in [2.75, 3.05) is 46.5 Å². The molecule has 0 unspecified atom stereocenters. The summed E-state index contributed by atoms with van der Waals surface area (Å²) in [5.41, 5.74) is 1.05. The Morgan fingerprint density at radius 3 is 2.67 bits per heavy atom. The number of hydrogen-bond donors (Lipinski definition) is 1. The van der Waals surface area contributed by atoms with Crippen molar-refractivity contribution in [1.29, 1.82) is 0 Å². The summed E-state index contributed by atoms with van der Waals surface area (Å²) >= 11 is 6.26. The summed E-state index contributed by atoms with van der Waals surface area (Å²) in [6.45, 7) is 4.21. The van der Waals surface area contributed by atoms with E-state index >= 15 is 0 Å². The topological polar surface area (TPSA) is 92.5 Å². The van der Waals surface area contributed by atoms with Gasteiger partial charge in [0.05, 0.1) is 31.9 Å². The molecule has 0 bridgehead atoms. The van der Waals surface area contributed by atoms with E-state index in [1.165, 1.54) is 12.0 Å². The first-order valence-corrected chi connectivity index (χ1v) is 12.3. The Balaban J connectivity index is 1.47. The molecule has 1 aromatic heterocycles. The van der Waals surface area contributed by atoms with Crippen molar-refractivity contribution in [3.05, 3.63) is 76.2 Å². The van der Waals surface area contributed by atoms with Gasteiger partial charge in [0.15, 0.2) is 22.9 Å². The highest BCUT2D eigenvalue weighted by Gasteiger charge is 2.44. The average molecular weight is 511 g/mol. The quantitative estimate of drug-likeness (QED) is 0.449. The lowest BCUT2D eigenvalue weighted by atomic mass is 9.95. The zero-order chi connectivity index (χ0) is 25.2. The van der Waals surface area contributed by atoms with Crippen molar-refractivity contribution in [2.45, 2.75) is 12.5 Å². The Bertz CT molecular complexity index is 1330. The van der Waals surface area contributed by atoms with Crippen molar-refractivity contribution >= 4 is 34.3 Å². The maximum atomic E-state index is 13.7. The second-order valence-electron chi connectivity index (χ2n) is 8.84. The van der Waals surface area contributed by atoms with Crippen LogP contribution in [0.25, 0.3) is 11.0 Å². The molecule has 188 valence electrons. The van der Waals surface area contributed by atoms with Crippen LogP contribution in [0, 0.1) is 0 Å². The molecule has 1 N–H and O–H groups in total. The summed E-state index contributed by atoms with van der Waals surface area (Å²) in [6.07, 6.45) is 0.680. The zero-order valence-electron chi connectivity index (χ0n) is 19.9. The predicted molar refractivity (Wildman–Crippen MR) is 135 cm³/mol. The van der Waals surface area contributed by atoms with E-state index in [0.717, 1.165) is 19.6 Å². The molecule has 2 aromatic carbocycles. The van der Waals surface area contributed by atoms with Crippen LogP contribution in [0.1, 0.15) is 28.6 Å². The number of nitrogens with zero attached hydrogens (tertiary/aromatic N) is 2. The number of furan rings is 1. The molecule has 0 radical (unpaired) electrons. The summed E-state index contributed by atoms with van der Waals surface area (Å²) in [5.74, 6) is -1.20. The number of methoxy groups -OCH3 is 1. The van der Waals surface area contributed by atoms with Crippen LogP contribution < -0.4 is 4.74 Å². The van der Waals surface area contributed by atoms with Gasteiger partial charge in [-0.2, -0.15) is 0 Å². The van der Waals surface area contributed by atoms with Crippen LogP contribution in [0.4, 0.5) is 0 Å². The smallest absolute Gasteiger partial charge is 0.290 e. The summed E-state index contributed by atoms with van der Waals surface area (Å²) in [5, 5.41) is 12.1. The van der Waals surface area contributed by atoms with Crippen molar-refractivity contribution in [2.24, 2.45) is 0 Å². The molecule has 3 heterocycles. The predicted octanol–water partition coefficient (Wildman–Crippen LogP) is 4.40. The van der Waals surface area contributed by atoms with E-state index in [1.807, 2.05) is 0 Å². The van der Waals surface area contributed by atoms with Gasteiger partial charge in [-0.05, 0) is 36.2 Å². The number of ketones is 1. The highest BCUT2D eigenvalue weighted by atomic mass is 35.5. The van der Waals surface area contributed by atoms with Gasteiger partial charge in [-0.25, -0.2) is 0 Å². The van der Waals surface area contributed by atoms with Crippen LogP contribution in [0.3, 0.4) is 0 Å². The molecule has 0 aliphatic carbocycles. The Morgan fingerprint density at radius 1 is 1.14 bits per heavy atom. The highest BCUT2D eigenvalue weighted by Crippen LogP contribution is 2.40. The fourth-order valence-electron chi connectivity index (χ4n) is 4.87. The minimum atomic E-state index is -0.788. The van der Waals surface area contributed by atoms with Crippen LogP contribution in [0.15, 0.2) is 64.3 Å². The number of para-hydroxylation sites is 1. The fourth-order valence-corrected chi connectivity index (χ4v) is 5.07. The van der Waals surface area contributed by atoms with Gasteiger partial charge in [0, 0.05) is 36.6 Å². The van der Waals surface area contributed by atoms with E-state index in [4.69, 9.17) is 25.5 Å². The first kappa shape index (κ1) is 24.4. The molecule has 8 nitrogen and oxygen atoms in total. The van der Waals surface area contributed by atoms with Crippen LogP contribution in [0.5, 0.6) is 5.75 Å². The molecule has 1 atom stereocenters. The van der Waals surface area contributed by atoms with E-state index in [-0.39, 0.29) is 11.3 Å². The van der Waals surface area contributed by atoms with Gasteiger partial charge in [0.25, 0.3) is 5.91 Å². The summed E-state index contributed by atoms with van der Waals surface area (Å²) in [6, 6.07) is 13.1. The monoisotopic (exact) mass is 510 g/mol. The summed E-state index contributed by atoms with van der Waals surface area (Å²) in [7, 11) is 1.52. The summed E-state index contributed by atoms with van der Waals surface area (Å²) < 4.78 is 16.6. The molecule has 3 aromatic rings. The molecule has 1 fully saturated rings. The largest absolute Gasteiger partial charge is 0.503 e. The fraction of sp³-hybridized carbons (Fsp3) is 0.333. The number of carbonyl (C=O) groups excluding carboxylic acids is 2. The molecule has 5 rings (SSSR count). The third kappa shape index (κ3) is 4.59. The standard InChI is InChI=1S/C27H27ClN2O6/c1-34-20-8-3-6-18-16-21(36-26(18)20)24(31)22-23(17-5-2-7-19(28)15-17)30(27(33)25(22)32)10-4-9-29-11-13-35-14-12-29/h2-3,5-8,15-16,23,32H,4,9-14H2,1H3/t23-/m1/s1. The molecule has 1 saturated heterocycles. The van der Waals surface area contributed by atoms with Gasteiger partial charge >= 0.3 is 0 Å². The second kappa shape index (κ2) is 10.3. The third-order valence-corrected chi connectivity index (χ3v) is 6.88. The number of rotatable bonds is 8. The highest BCUT2D eigenvalue weighted by molar-refractivity contribution is 6.30. The van der Waals surface area contributed by atoms with Gasteiger partial charge < -0.3 is 23.9 Å². The number of aliphatic hydroxyl groups is 1. The van der Waals surface area contributed by atoms with Crippen LogP contribution in [-0.2, 0) is 9.53 Å². The second-order valence-corrected chi connectivity index (χ2v) is 9.28. The molecule has 0 spiro atoms. The molecule has 9 heteroatoms. The van der Waals surface area contributed by atoms with Crippen LogP contribution in [-0.4, -0.2) is 73.1 Å². The van der Waals surface area contributed by atoms with Crippen molar-refractivity contribution in [1.82, 2.24) is 9.80 Å². The lowest BCUT2D eigenvalue weighted by Gasteiger charge is -2.30. The van der Waals surface area contributed by atoms with E-state index in [9.17, 15) is 14.7 Å². The number of halogens is 1. The normalized spacial score (nSPS) is 18.9. The van der Waals surface area contributed by atoms with E-state index in [2.05, 4.69) is 4.90 Å². The Morgan fingerprint density at radius 2 is 1.92 bits per heavy atom. The van der Waals surface area contributed by atoms with Crippen molar-refractivity contribution < 1.29 is 28.6 Å². The maximum Gasteiger partial charge on any atom is 0.290 e. The number of morpholine rings is 1. The van der Waals surface area contributed by atoms with Gasteiger partial charge in [0.2, 0.25) is 5.78 Å². The SMILES string of the molecule is COc1cccc2cc(C(=O)C3=C(O)C(=O)N(CCCN4CCOCC4)[C@@H]3c3cccc(Cl)c3)oc12. The number of amides is 1. The third-order valence-electron chi connectivity index (χ3n) is 6.64. The first-order chi connectivity index (χ1) is 17.5. The molecule has 0 saturated carbocycles. The number of fused-ring (bicyclic) bond motifs is 1. The van der Waals surface area contributed by atoms with Gasteiger partial charge in [-0.1, -0.05) is 35.9 Å². The maximum absolute atomic E-state index is 13.7. The zero-order valence-corrected chi connectivity index (χ0v) is 20.7. The van der Waals surface area contributed by atoms with Crippen molar-refractivity contribution in [3.8, 4) is 5.75 Å². The van der Waals surface area contributed by atoms with Gasteiger partial charge in [-0.15, -0.1) is 0 Å². The lowest BCUT2D eigenvalue weighted by molar-refractivity contribution is -0.129. The number of ether oxygens (including phenoxy) is 2. The molecule has 2 aliphatic heterocycles. The Labute approximate surface area is 213 Å². The number of Topliss-reactive ketones (excluding diaryl/α,β-unsaturated/α-hetero) is 1. The van der Waals surface area contributed by atoms with Crippen LogP contribution >= 0.6 is 11.6 Å². The molecule has 2 aliphatic rings. The molecule has 1 amide bonds. The van der Waals surface area contributed by atoms with E-state index in [1.54, 1.807) is 48.5 Å². The molecular weight excluding hydrogens is 484 g/mol. The minimum Gasteiger partial charge on any atom is -0.503 e. The molecular formula is C27H27ClN2O6. The van der Waals surface area contributed by atoms with E-state index in [0.29, 0.717) is 53.5 Å². The number of aliphatic hydroxyl groups excluding tert-OH is 1. The number of hydrogen-bond acceptors (Lipinski definition) is 7. The number of benzene rings is 2. The van der Waals surface area contributed by atoms with Gasteiger partial charge in [-0.3, -0.25) is 14.5 Å². The van der Waals surface area contributed by atoms with Crippen LogP contribution in [0.2, 0.25) is 5.02 Å². The number of carbonyl (C=O) groups is 2. The first-order valence-electron chi connectivity index (χ1n) is 11.9. The van der Waals surface area contributed by atoms with E-state index < -0.39 is 23.5 Å². The average Bonchev–Trinajstić information content (AvgIpc) is 3.44. The lowest BCUT2D eigenvalue weighted by Crippen LogP contribution is -2.39. The van der Waals surface area contributed by atoms with Crippen molar-refractivity contribution in [3.63, 3.8) is 0 Å².